The monoisotopic (exact) mass is 222 g/mol. The molecule has 0 fully saturated rings. The van der Waals surface area contributed by atoms with Crippen LogP contribution in [0.15, 0.2) is 24.3 Å². The lowest BCUT2D eigenvalue weighted by Crippen LogP contribution is -2.30. The van der Waals surface area contributed by atoms with E-state index in [0.717, 1.165) is 0 Å². The van der Waals surface area contributed by atoms with Gasteiger partial charge in [0.25, 0.3) is 0 Å². The summed E-state index contributed by atoms with van der Waals surface area (Å²) in [5.41, 5.74) is 0. The summed E-state index contributed by atoms with van der Waals surface area (Å²) in [6.45, 7) is 0.254. The Labute approximate surface area is 92.8 Å². The number of rotatable bonds is 3. The molecule has 0 bridgehead atoms. The van der Waals surface area contributed by atoms with E-state index in [1.165, 1.54) is 30.1 Å². The van der Waals surface area contributed by atoms with Crippen molar-refractivity contribution in [3.8, 4) is 11.8 Å². The number of hydrogen-bond acceptors (Lipinski definition) is 3. The molecule has 84 valence electrons. The zero-order valence-electron chi connectivity index (χ0n) is 8.81. The second-order valence-electron chi connectivity index (χ2n) is 3.13. The molecule has 0 N–H and O–H groups in total. The Hall–Kier alpha value is -2.09. The largest absolute Gasteiger partial charge is 0.415 e. The molecule has 5 heteroatoms. The summed E-state index contributed by atoms with van der Waals surface area (Å²) < 4.78 is 17.9. The summed E-state index contributed by atoms with van der Waals surface area (Å²) in [6, 6.07) is 7.55. The Morgan fingerprint density at radius 3 is 2.88 bits per heavy atom. The van der Waals surface area contributed by atoms with Gasteiger partial charge in [-0.15, -0.1) is 0 Å². The highest BCUT2D eigenvalue weighted by atomic mass is 19.1. The third-order valence-electron chi connectivity index (χ3n) is 1.90. The topological polar surface area (TPSA) is 53.3 Å². The highest BCUT2D eigenvalue weighted by Gasteiger charge is 2.12. The van der Waals surface area contributed by atoms with E-state index >= 15 is 0 Å². The van der Waals surface area contributed by atoms with Crippen molar-refractivity contribution in [3.63, 3.8) is 0 Å². The second kappa shape index (κ2) is 5.71. The summed E-state index contributed by atoms with van der Waals surface area (Å²) in [5.74, 6) is -0.708. The number of benzene rings is 1. The van der Waals surface area contributed by atoms with Crippen LogP contribution in [0.2, 0.25) is 0 Å². The van der Waals surface area contributed by atoms with Gasteiger partial charge in [0.05, 0.1) is 12.5 Å². The lowest BCUT2D eigenvalue weighted by atomic mass is 10.3. The number of nitrogens with zero attached hydrogens (tertiary/aromatic N) is 2. The third kappa shape index (κ3) is 3.24. The van der Waals surface area contributed by atoms with Crippen molar-refractivity contribution in [2.24, 2.45) is 0 Å². The minimum atomic E-state index is -0.680. The molecule has 0 atom stereocenters. The van der Waals surface area contributed by atoms with Crippen LogP contribution in [0.4, 0.5) is 9.18 Å². The lowest BCUT2D eigenvalue weighted by Gasteiger charge is -2.15. The van der Waals surface area contributed by atoms with Crippen molar-refractivity contribution >= 4 is 6.09 Å². The molecule has 0 saturated heterocycles. The van der Waals surface area contributed by atoms with Gasteiger partial charge >= 0.3 is 6.09 Å². The van der Waals surface area contributed by atoms with Gasteiger partial charge in [-0.05, 0) is 12.1 Å². The highest BCUT2D eigenvalue weighted by Crippen LogP contribution is 2.16. The number of halogens is 1. The van der Waals surface area contributed by atoms with E-state index in [9.17, 15) is 9.18 Å². The highest BCUT2D eigenvalue weighted by molar-refractivity contribution is 5.70. The Balaban J connectivity index is 2.58. The van der Waals surface area contributed by atoms with Gasteiger partial charge in [0, 0.05) is 13.6 Å². The summed E-state index contributed by atoms with van der Waals surface area (Å²) in [4.78, 5) is 12.6. The smallest absolute Gasteiger partial charge is 0.407 e. The molecule has 0 aliphatic heterocycles. The SMILES string of the molecule is CN(CCC#N)C(=O)Oc1ccccc1F. The van der Waals surface area contributed by atoms with E-state index in [-0.39, 0.29) is 18.7 Å². The van der Waals surface area contributed by atoms with Gasteiger partial charge in [-0.2, -0.15) is 5.26 Å². The molecular weight excluding hydrogens is 211 g/mol. The Bertz CT molecular complexity index is 415. The number of carbonyl (C=O) groups excluding carboxylic acids is 1. The maximum atomic E-state index is 13.1. The van der Waals surface area contributed by atoms with Gasteiger partial charge in [0.15, 0.2) is 11.6 Å². The van der Waals surface area contributed by atoms with E-state index in [4.69, 9.17) is 10.00 Å². The van der Waals surface area contributed by atoms with Crippen molar-refractivity contribution in [2.45, 2.75) is 6.42 Å². The predicted octanol–water partition coefficient (Wildman–Crippen LogP) is 2.17. The first-order chi connectivity index (χ1) is 7.65. The zero-order valence-corrected chi connectivity index (χ0v) is 8.81. The molecular formula is C11H11FN2O2. The Morgan fingerprint density at radius 1 is 1.56 bits per heavy atom. The van der Waals surface area contributed by atoms with Crippen LogP contribution in [0, 0.1) is 17.1 Å². The summed E-state index contributed by atoms with van der Waals surface area (Å²) in [6.07, 6.45) is -0.469. The zero-order chi connectivity index (χ0) is 12.0. The maximum Gasteiger partial charge on any atom is 0.415 e. The summed E-state index contributed by atoms with van der Waals surface area (Å²) >= 11 is 0. The molecule has 0 aliphatic carbocycles. The number of para-hydroxylation sites is 1. The molecule has 0 heterocycles. The van der Waals surface area contributed by atoms with Crippen molar-refractivity contribution in [1.82, 2.24) is 4.90 Å². The van der Waals surface area contributed by atoms with Gasteiger partial charge in [-0.3, -0.25) is 0 Å². The first kappa shape index (κ1) is 12.0. The fourth-order valence-electron chi connectivity index (χ4n) is 1.01. The molecule has 4 nitrogen and oxygen atoms in total. The molecule has 1 amide bonds. The molecule has 0 aliphatic rings. The summed E-state index contributed by atoms with van der Waals surface area (Å²) in [7, 11) is 1.49. The normalized spacial score (nSPS) is 9.31. The average Bonchev–Trinajstić information content (AvgIpc) is 2.28. The number of carbonyl (C=O) groups is 1. The maximum absolute atomic E-state index is 13.1. The summed E-state index contributed by atoms with van der Waals surface area (Å²) in [5, 5.41) is 8.34. The van der Waals surface area contributed by atoms with Gasteiger partial charge in [-0.25, -0.2) is 9.18 Å². The van der Waals surface area contributed by atoms with Gasteiger partial charge in [0.2, 0.25) is 0 Å². The Kier molecular flexibility index (Phi) is 4.28. The molecule has 16 heavy (non-hydrogen) atoms. The molecule has 1 rings (SSSR count). The van der Waals surface area contributed by atoms with Crippen LogP contribution >= 0.6 is 0 Å². The standard InChI is InChI=1S/C11H11FN2O2/c1-14(8-4-7-13)11(15)16-10-6-3-2-5-9(10)12/h2-3,5-6H,4,8H2,1H3. The number of amides is 1. The number of ether oxygens (including phenoxy) is 1. The van der Waals surface area contributed by atoms with Crippen LogP contribution in [-0.2, 0) is 0 Å². The van der Waals surface area contributed by atoms with Gasteiger partial charge in [0.1, 0.15) is 0 Å². The van der Waals surface area contributed by atoms with Crippen LogP contribution in [0.5, 0.6) is 5.75 Å². The van der Waals surface area contributed by atoms with Crippen LogP contribution in [0.1, 0.15) is 6.42 Å². The van der Waals surface area contributed by atoms with E-state index in [2.05, 4.69) is 0 Å². The van der Waals surface area contributed by atoms with E-state index in [0.29, 0.717) is 0 Å². The van der Waals surface area contributed by atoms with Crippen LogP contribution in [0.3, 0.4) is 0 Å². The van der Waals surface area contributed by atoms with E-state index < -0.39 is 11.9 Å². The molecule has 0 unspecified atom stereocenters. The van der Waals surface area contributed by atoms with Crippen LogP contribution < -0.4 is 4.74 Å². The van der Waals surface area contributed by atoms with E-state index in [1.807, 2.05) is 6.07 Å². The van der Waals surface area contributed by atoms with Crippen molar-refractivity contribution < 1.29 is 13.9 Å². The molecule has 0 spiro atoms. The third-order valence-corrected chi connectivity index (χ3v) is 1.90. The molecule has 0 saturated carbocycles. The minimum Gasteiger partial charge on any atom is -0.407 e. The molecule has 0 aromatic heterocycles. The average molecular weight is 222 g/mol. The predicted molar refractivity (Wildman–Crippen MR) is 55.3 cm³/mol. The molecule has 0 radical (unpaired) electrons. The van der Waals surface area contributed by atoms with Crippen molar-refractivity contribution in [3.05, 3.63) is 30.1 Å². The second-order valence-corrected chi connectivity index (χ2v) is 3.13. The molecule has 1 aromatic carbocycles. The lowest BCUT2D eigenvalue weighted by molar-refractivity contribution is 0.162. The fraction of sp³-hybridized carbons (Fsp3) is 0.273. The number of hydrogen-bond donors (Lipinski definition) is 0. The van der Waals surface area contributed by atoms with Crippen LogP contribution in [-0.4, -0.2) is 24.6 Å². The van der Waals surface area contributed by atoms with Crippen molar-refractivity contribution in [1.29, 1.82) is 5.26 Å². The fourth-order valence-corrected chi connectivity index (χ4v) is 1.01. The van der Waals surface area contributed by atoms with Crippen molar-refractivity contribution in [2.75, 3.05) is 13.6 Å². The van der Waals surface area contributed by atoms with Gasteiger partial charge in [-0.1, -0.05) is 12.1 Å². The quantitative estimate of drug-likeness (QED) is 0.787. The minimum absolute atomic E-state index is 0.115. The van der Waals surface area contributed by atoms with Crippen LogP contribution in [0.25, 0.3) is 0 Å². The molecule has 1 aromatic rings. The van der Waals surface area contributed by atoms with Gasteiger partial charge < -0.3 is 9.64 Å². The number of nitriles is 1. The Morgan fingerprint density at radius 2 is 2.25 bits per heavy atom. The van der Waals surface area contributed by atoms with E-state index in [1.54, 1.807) is 6.07 Å². The first-order valence-corrected chi connectivity index (χ1v) is 4.69. The first-order valence-electron chi connectivity index (χ1n) is 4.69.